The fraction of sp³-hybridized carbons (Fsp3) is 0.300. The van der Waals surface area contributed by atoms with E-state index >= 15 is 0 Å². The fourth-order valence-corrected chi connectivity index (χ4v) is 2.87. The summed E-state index contributed by atoms with van der Waals surface area (Å²) in [5.41, 5.74) is -1.58. The molecule has 0 bridgehead atoms. The van der Waals surface area contributed by atoms with Crippen LogP contribution in [0, 0.1) is 11.8 Å². The van der Waals surface area contributed by atoms with Gasteiger partial charge in [0, 0.05) is 29.9 Å². The van der Waals surface area contributed by atoms with Crippen LogP contribution in [0.4, 0.5) is 44.2 Å². The fourth-order valence-electron chi connectivity index (χ4n) is 2.87. The molecule has 0 aliphatic carbocycles. The number of hydrogen-bond donors (Lipinski definition) is 3. The maximum atomic E-state index is 14.3. The minimum Gasteiger partial charge on any atom is -0.367 e. The molecule has 0 fully saturated rings. The number of alkyl halides is 3. The molecule has 0 aliphatic heterocycles. The second-order valence-electron chi connectivity index (χ2n) is 7.29. The lowest BCUT2D eigenvalue weighted by Gasteiger charge is -2.15. The molecule has 0 aliphatic rings. The van der Waals surface area contributed by atoms with E-state index in [0.717, 1.165) is 6.07 Å². The Morgan fingerprint density at radius 2 is 1.82 bits per heavy atom. The number of fused-ring (bicyclic) bond motifs is 1. The molecule has 0 radical (unpaired) electrons. The Hall–Kier alpha value is -3.61. The molecule has 33 heavy (non-hydrogen) atoms. The largest absolute Gasteiger partial charge is 0.436 e. The third-order valence-corrected chi connectivity index (χ3v) is 4.37. The monoisotopic (exact) mass is 469 g/mol. The van der Waals surface area contributed by atoms with Crippen molar-refractivity contribution in [2.24, 2.45) is 0 Å². The number of rotatable bonds is 7. The summed E-state index contributed by atoms with van der Waals surface area (Å²) in [5.74, 6) is -3.80. The third kappa shape index (κ3) is 6.44. The van der Waals surface area contributed by atoms with Crippen LogP contribution in [0.5, 0.6) is 0 Å². The highest BCUT2D eigenvalue weighted by Gasteiger charge is 2.38. The molecule has 0 saturated carbocycles. The highest BCUT2D eigenvalue weighted by molar-refractivity contribution is 6.00. The average molecular weight is 469 g/mol. The second-order valence-corrected chi connectivity index (χ2v) is 7.29. The average Bonchev–Trinajstić information content (AvgIpc) is 2.71. The van der Waals surface area contributed by atoms with E-state index in [-0.39, 0.29) is 12.2 Å². The number of pyridine rings is 1. The smallest absolute Gasteiger partial charge is 0.367 e. The molecule has 2 aromatic heterocycles. The Balaban J connectivity index is 1.78. The molecule has 2 heterocycles. The molecule has 3 N–H and O–H groups in total. The van der Waals surface area contributed by atoms with E-state index in [0.29, 0.717) is 23.7 Å². The zero-order valence-electron chi connectivity index (χ0n) is 17.6. The van der Waals surface area contributed by atoms with Gasteiger partial charge < -0.3 is 15.5 Å². The lowest BCUT2D eigenvalue weighted by molar-refractivity contribution is -0.143. The first-order valence-electron chi connectivity index (χ1n) is 9.69. The summed E-state index contributed by atoms with van der Waals surface area (Å²) in [6.45, 7) is 0.766. The first-order chi connectivity index (χ1) is 15.5. The Labute approximate surface area is 185 Å². The Morgan fingerprint density at radius 1 is 1.06 bits per heavy atom. The van der Waals surface area contributed by atoms with Crippen LogP contribution in [0.15, 0.2) is 30.5 Å². The lowest BCUT2D eigenvalue weighted by Crippen LogP contribution is -2.24. The van der Waals surface area contributed by atoms with Gasteiger partial charge in [-0.2, -0.15) is 22.5 Å². The highest BCUT2D eigenvalue weighted by atomic mass is 19.4. The van der Waals surface area contributed by atoms with E-state index in [9.17, 15) is 26.7 Å². The number of nitrogens with zero attached hydrogens (tertiary/aromatic N) is 4. The van der Waals surface area contributed by atoms with Crippen molar-refractivity contribution in [2.45, 2.75) is 12.6 Å². The van der Waals surface area contributed by atoms with Gasteiger partial charge in [-0.1, -0.05) is 6.07 Å². The summed E-state index contributed by atoms with van der Waals surface area (Å²) >= 11 is 0. The Bertz CT molecular complexity index is 1150. The van der Waals surface area contributed by atoms with Crippen LogP contribution in [0.2, 0.25) is 0 Å². The van der Waals surface area contributed by atoms with Gasteiger partial charge in [0.2, 0.25) is 11.9 Å². The Kier molecular flexibility index (Phi) is 7.21. The van der Waals surface area contributed by atoms with E-state index < -0.39 is 41.4 Å². The number of carbonyl (C=O) groups excluding carboxylic acids is 1. The van der Waals surface area contributed by atoms with Crippen molar-refractivity contribution in [3.8, 4) is 0 Å². The van der Waals surface area contributed by atoms with Gasteiger partial charge in [-0.15, -0.1) is 0 Å². The van der Waals surface area contributed by atoms with Gasteiger partial charge >= 0.3 is 12.2 Å². The summed E-state index contributed by atoms with van der Waals surface area (Å²) in [7, 11) is 3.63. The number of amides is 2. The predicted molar refractivity (Wildman–Crippen MR) is 113 cm³/mol. The molecule has 1 aromatic carbocycles. The van der Waals surface area contributed by atoms with Crippen molar-refractivity contribution >= 4 is 34.3 Å². The number of carbonyl (C=O) groups is 1. The van der Waals surface area contributed by atoms with E-state index in [2.05, 4.69) is 30.9 Å². The van der Waals surface area contributed by atoms with Crippen molar-refractivity contribution < 1.29 is 26.7 Å². The van der Waals surface area contributed by atoms with Crippen molar-refractivity contribution in [3.05, 3.63) is 47.9 Å². The van der Waals surface area contributed by atoms with Crippen molar-refractivity contribution in [1.82, 2.24) is 19.9 Å². The van der Waals surface area contributed by atoms with Gasteiger partial charge in [-0.05, 0) is 44.6 Å². The van der Waals surface area contributed by atoms with Crippen molar-refractivity contribution in [1.29, 1.82) is 0 Å². The molecule has 0 atom stereocenters. The van der Waals surface area contributed by atoms with E-state index in [1.54, 1.807) is 6.07 Å². The van der Waals surface area contributed by atoms with Crippen LogP contribution < -0.4 is 16.0 Å². The van der Waals surface area contributed by atoms with Crippen LogP contribution in [0.25, 0.3) is 10.8 Å². The number of benzene rings is 1. The van der Waals surface area contributed by atoms with Gasteiger partial charge in [-0.25, -0.2) is 19.2 Å². The number of halogens is 5. The second kappa shape index (κ2) is 9.90. The normalized spacial score (nSPS) is 11.6. The van der Waals surface area contributed by atoms with E-state index in [4.69, 9.17) is 0 Å². The highest BCUT2D eigenvalue weighted by Crippen LogP contribution is 2.32. The molecule has 0 spiro atoms. The van der Waals surface area contributed by atoms with Crippen molar-refractivity contribution in [2.75, 3.05) is 43.1 Å². The van der Waals surface area contributed by atoms with Gasteiger partial charge in [-0.3, -0.25) is 5.32 Å². The number of urea groups is 1. The maximum absolute atomic E-state index is 14.3. The molecule has 2 amide bonds. The summed E-state index contributed by atoms with van der Waals surface area (Å²) in [4.78, 5) is 24.4. The van der Waals surface area contributed by atoms with E-state index in [1.807, 2.05) is 19.0 Å². The van der Waals surface area contributed by atoms with Gasteiger partial charge in [0.05, 0.1) is 0 Å². The molecule has 13 heteroatoms. The third-order valence-electron chi connectivity index (χ3n) is 4.37. The van der Waals surface area contributed by atoms with Gasteiger partial charge in [0.1, 0.15) is 0 Å². The maximum Gasteiger partial charge on any atom is 0.436 e. The summed E-state index contributed by atoms with van der Waals surface area (Å²) in [6.07, 6.45) is -3.28. The topological polar surface area (TPSA) is 95.1 Å². The quantitative estimate of drug-likeness (QED) is 0.271. The van der Waals surface area contributed by atoms with Crippen LogP contribution in [-0.2, 0) is 6.18 Å². The zero-order valence-corrected chi connectivity index (χ0v) is 17.6. The van der Waals surface area contributed by atoms with Crippen LogP contribution >= 0.6 is 0 Å². The predicted octanol–water partition coefficient (Wildman–Crippen LogP) is 4.33. The zero-order chi connectivity index (χ0) is 24.2. The van der Waals surface area contributed by atoms with Crippen LogP contribution in [0.1, 0.15) is 12.1 Å². The minimum absolute atomic E-state index is 0.150. The van der Waals surface area contributed by atoms with E-state index in [1.165, 1.54) is 18.3 Å². The lowest BCUT2D eigenvalue weighted by atomic mass is 10.1. The summed E-state index contributed by atoms with van der Waals surface area (Å²) < 4.78 is 67.4. The minimum atomic E-state index is -5.10. The molecular formula is C20H20F5N7O. The van der Waals surface area contributed by atoms with Crippen molar-refractivity contribution in [3.63, 3.8) is 0 Å². The first kappa shape index (κ1) is 24.0. The van der Waals surface area contributed by atoms with Crippen LogP contribution in [0.3, 0.4) is 0 Å². The van der Waals surface area contributed by atoms with Gasteiger partial charge in [0.25, 0.3) is 0 Å². The summed E-state index contributed by atoms with van der Waals surface area (Å²) in [6, 6.07) is 4.70. The number of anilines is 3. The summed E-state index contributed by atoms with van der Waals surface area (Å²) in [5, 5.41) is 8.01. The molecule has 0 saturated heterocycles. The molecule has 8 nitrogen and oxygen atoms in total. The molecule has 3 aromatic rings. The molecule has 176 valence electrons. The first-order valence-corrected chi connectivity index (χ1v) is 9.69. The number of aromatic nitrogens is 3. The number of nitrogens with one attached hydrogen (secondary N) is 3. The van der Waals surface area contributed by atoms with Crippen LogP contribution in [-0.4, -0.2) is 53.1 Å². The SMILES string of the molecule is CN(C)CCCNc1nc(NC(=O)Nc2ccc3cnc(F)cc3c2)nc(C(F)(F)F)c1F. The van der Waals surface area contributed by atoms with Gasteiger partial charge in [0.15, 0.2) is 17.3 Å². The standard InChI is InChI=1S/C20H20F5N7O/c1-32(2)7-3-6-26-17-15(22)16(20(23,24)25)29-18(30-17)31-19(33)28-13-5-4-11-10-27-14(21)9-12(11)8-13/h4-5,8-10H,3,6-7H2,1-2H3,(H3,26,28,29,30,31,33). The number of hydrogen-bond acceptors (Lipinski definition) is 6. The molecule has 0 unspecified atom stereocenters. The molecule has 3 rings (SSSR count). The Morgan fingerprint density at radius 3 is 2.52 bits per heavy atom. The molecular weight excluding hydrogens is 449 g/mol.